The summed E-state index contributed by atoms with van der Waals surface area (Å²) in [4.78, 5) is 31.1. The number of likely N-dealkylation sites (tertiary alicyclic amines) is 1. The van der Waals surface area contributed by atoms with Crippen molar-refractivity contribution in [2.75, 3.05) is 18.4 Å². The predicted octanol–water partition coefficient (Wildman–Crippen LogP) is 3.19. The highest BCUT2D eigenvalue weighted by Gasteiger charge is 2.24. The fourth-order valence-corrected chi connectivity index (χ4v) is 4.00. The largest absolute Gasteiger partial charge is 0.382 e. The highest BCUT2D eigenvalue weighted by atomic mass is 16.2. The van der Waals surface area contributed by atoms with E-state index in [0.717, 1.165) is 40.6 Å². The molecule has 1 fully saturated rings. The van der Waals surface area contributed by atoms with Crippen LogP contribution in [0.25, 0.3) is 22.0 Å². The lowest BCUT2D eigenvalue weighted by molar-refractivity contribution is -0.129. The van der Waals surface area contributed by atoms with E-state index in [9.17, 15) is 9.59 Å². The second-order valence-corrected chi connectivity index (χ2v) is 8.32. The predicted molar refractivity (Wildman–Crippen MR) is 121 cm³/mol. The molecule has 0 aliphatic carbocycles. The molecule has 0 atom stereocenters. The van der Waals surface area contributed by atoms with Gasteiger partial charge in [0.05, 0.1) is 23.0 Å². The number of hydrogen-bond acceptors (Lipinski definition) is 5. The highest BCUT2D eigenvalue weighted by molar-refractivity contribution is 6.08. The van der Waals surface area contributed by atoms with E-state index < -0.39 is 0 Å². The standard InChI is InChI=1S/C23H28N6O2/c1-14(2)27-22-19-10-16(17-11-25-26-12-17)4-5-21(19)24-13-20(22)23(31)28-18-6-8-29(9-7-18)15(3)30/h4-5,10-14,18H,6-9H2,1-3H3,(H,24,27)(H,25,26)(H,28,31). The van der Waals surface area contributed by atoms with Crippen LogP contribution in [0.4, 0.5) is 5.69 Å². The molecule has 0 bridgehead atoms. The second-order valence-electron chi connectivity index (χ2n) is 8.32. The molecule has 1 aromatic carbocycles. The molecule has 3 aromatic rings. The Bertz CT molecular complexity index is 1080. The van der Waals surface area contributed by atoms with Crippen LogP contribution in [-0.4, -0.2) is 57.1 Å². The Morgan fingerprint density at radius 3 is 2.58 bits per heavy atom. The minimum absolute atomic E-state index is 0.0444. The van der Waals surface area contributed by atoms with Gasteiger partial charge in [0.2, 0.25) is 5.91 Å². The van der Waals surface area contributed by atoms with Crippen LogP contribution in [0.2, 0.25) is 0 Å². The number of anilines is 1. The van der Waals surface area contributed by atoms with Crippen LogP contribution in [-0.2, 0) is 4.79 Å². The number of carbonyl (C=O) groups excluding carboxylic acids is 2. The number of rotatable bonds is 5. The first kappa shape index (κ1) is 20.8. The number of hydrogen-bond donors (Lipinski definition) is 3. The van der Waals surface area contributed by atoms with Crippen molar-refractivity contribution in [3.63, 3.8) is 0 Å². The molecule has 162 valence electrons. The number of benzene rings is 1. The van der Waals surface area contributed by atoms with E-state index in [4.69, 9.17) is 0 Å². The summed E-state index contributed by atoms with van der Waals surface area (Å²) in [6, 6.07) is 6.20. The summed E-state index contributed by atoms with van der Waals surface area (Å²) in [6.45, 7) is 7.01. The summed E-state index contributed by atoms with van der Waals surface area (Å²) in [5.74, 6) is -0.0621. The molecular weight excluding hydrogens is 392 g/mol. The maximum absolute atomic E-state index is 13.2. The summed E-state index contributed by atoms with van der Waals surface area (Å²) in [6.07, 6.45) is 6.76. The van der Waals surface area contributed by atoms with Gasteiger partial charge < -0.3 is 15.5 Å². The maximum Gasteiger partial charge on any atom is 0.255 e. The van der Waals surface area contributed by atoms with Crippen molar-refractivity contribution >= 4 is 28.4 Å². The van der Waals surface area contributed by atoms with Crippen LogP contribution in [0.15, 0.2) is 36.8 Å². The lowest BCUT2D eigenvalue weighted by atomic mass is 10.0. The van der Waals surface area contributed by atoms with Gasteiger partial charge in [0.1, 0.15) is 0 Å². The minimum Gasteiger partial charge on any atom is -0.382 e. The average molecular weight is 421 g/mol. The molecule has 8 heteroatoms. The molecule has 2 aromatic heterocycles. The zero-order valence-electron chi connectivity index (χ0n) is 18.1. The van der Waals surface area contributed by atoms with Crippen molar-refractivity contribution in [1.82, 2.24) is 25.4 Å². The van der Waals surface area contributed by atoms with E-state index in [1.54, 1.807) is 19.3 Å². The van der Waals surface area contributed by atoms with E-state index >= 15 is 0 Å². The van der Waals surface area contributed by atoms with Crippen molar-refractivity contribution in [2.24, 2.45) is 0 Å². The lowest BCUT2D eigenvalue weighted by Gasteiger charge is -2.31. The van der Waals surface area contributed by atoms with E-state index in [2.05, 4.69) is 25.8 Å². The molecule has 8 nitrogen and oxygen atoms in total. The molecular formula is C23H28N6O2. The highest BCUT2D eigenvalue weighted by Crippen LogP contribution is 2.31. The summed E-state index contributed by atoms with van der Waals surface area (Å²) in [7, 11) is 0. The number of nitrogens with one attached hydrogen (secondary N) is 3. The fourth-order valence-electron chi connectivity index (χ4n) is 4.00. The Morgan fingerprint density at radius 2 is 1.94 bits per heavy atom. The van der Waals surface area contributed by atoms with Gasteiger partial charge in [-0.1, -0.05) is 6.07 Å². The topological polar surface area (TPSA) is 103 Å². The molecule has 0 saturated carbocycles. The van der Waals surface area contributed by atoms with E-state index in [1.165, 1.54) is 0 Å². The van der Waals surface area contributed by atoms with Gasteiger partial charge in [-0.15, -0.1) is 0 Å². The Labute approximate surface area is 181 Å². The van der Waals surface area contributed by atoms with Crippen LogP contribution >= 0.6 is 0 Å². The molecule has 0 unspecified atom stereocenters. The van der Waals surface area contributed by atoms with Crippen molar-refractivity contribution in [2.45, 2.75) is 45.7 Å². The molecule has 1 aliphatic rings. The monoisotopic (exact) mass is 420 g/mol. The molecule has 3 heterocycles. The van der Waals surface area contributed by atoms with E-state index in [0.29, 0.717) is 18.7 Å². The molecule has 1 aliphatic heterocycles. The van der Waals surface area contributed by atoms with Crippen LogP contribution in [0, 0.1) is 0 Å². The van der Waals surface area contributed by atoms with Gasteiger partial charge in [-0.3, -0.25) is 19.7 Å². The summed E-state index contributed by atoms with van der Waals surface area (Å²) >= 11 is 0. The SMILES string of the molecule is CC(=O)N1CCC(NC(=O)c2cnc3ccc(-c4cn[nH]c4)cc3c2NC(C)C)CC1. The Hall–Kier alpha value is -3.42. The number of carbonyl (C=O) groups is 2. The van der Waals surface area contributed by atoms with Gasteiger partial charge in [0.15, 0.2) is 0 Å². The van der Waals surface area contributed by atoms with Gasteiger partial charge in [-0.2, -0.15) is 5.10 Å². The molecule has 3 N–H and O–H groups in total. The molecule has 2 amide bonds. The van der Waals surface area contributed by atoms with Gasteiger partial charge in [-0.25, -0.2) is 0 Å². The molecule has 31 heavy (non-hydrogen) atoms. The molecule has 0 radical (unpaired) electrons. The maximum atomic E-state index is 13.2. The summed E-state index contributed by atoms with van der Waals surface area (Å²) in [5.41, 5.74) is 4.11. The number of fused-ring (bicyclic) bond motifs is 1. The average Bonchev–Trinajstić information content (AvgIpc) is 3.28. The number of piperidine rings is 1. The van der Waals surface area contributed by atoms with E-state index in [-0.39, 0.29) is 23.9 Å². The number of pyridine rings is 1. The van der Waals surface area contributed by atoms with Gasteiger partial charge in [-0.05, 0) is 44.4 Å². The summed E-state index contributed by atoms with van der Waals surface area (Å²) in [5, 5.41) is 14.4. The number of nitrogens with zero attached hydrogens (tertiary/aromatic N) is 3. The van der Waals surface area contributed by atoms with Crippen LogP contribution in [0.3, 0.4) is 0 Å². The van der Waals surface area contributed by atoms with Crippen LogP contribution in [0.1, 0.15) is 44.0 Å². The first-order valence-electron chi connectivity index (χ1n) is 10.7. The van der Waals surface area contributed by atoms with E-state index in [1.807, 2.05) is 43.1 Å². The first-order chi connectivity index (χ1) is 14.9. The van der Waals surface area contributed by atoms with Crippen molar-refractivity contribution in [3.05, 3.63) is 42.4 Å². The summed E-state index contributed by atoms with van der Waals surface area (Å²) < 4.78 is 0. The Kier molecular flexibility index (Phi) is 5.88. The van der Waals surface area contributed by atoms with Crippen molar-refractivity contribution < 1.29 is 9.59 Å². The van der Waals surface area contributed by atoms with Crippen LogP contribution < -0.4 is 10.6 Å². The number of H-pyrrole nitrogens is 1. The van der Waals surface area contributed by atoms with Gasteiger partial charge in [0.25, 0.3) is 5.91 Å². The zero-order chi connectivity index (χ0) is 22.0. The zero-order valence-corrected chi connectivity index (χ0v) is 18.1. The van der Waals surface area contributed by atoms with Crippen LogP contribution in [0.5, 0.6) is 0 Å². The number of aromatic amines is 1. The molecule has 1 saturated heterocycles. The smallest absolute Gasteiger partial charge is 0.255 e. The normalized spacial score (nSPS) is 14.8. The first-order valence-corrected chi connectivity index (χ1v) is 10.7. The third kappa shape index (κ3) is 4.52. The Morgan fingerprint density at radius 1 is 1.16 bits per heavy atom. The minimum atomic E-state index is -0.146. The quantitative estimate of drug-likeness (QED) is 0.588. The van der Waals surface area contributed by atoms with Gasteiger partial charge in [0, 0.05) is 55.4 Å². The fraction of sp³-hybridized carbons (Fsp3) is 0.391. The van der Waals surface area contributed by atoms with Crippen molar-refractivity contribution in [1.29, 1.82) is 0 Å². The second kappa shape index (κ2) is 8.75. The number of amides is 2. The molecule has 4 rings (SSSR count). The van der Waals surface area contributed by atoms with Crippen molar-refractivity contribution in [3.8, 4) is 11.1 Å². The Balaban J connectivity index is 1.64. The third-order valence-corrected chi connectivity index (χ3v) is 5.65. The third-order valence-electron chi connectivity index (χ3n) is 5.65. The lowest BCUT2D eigenvalue weighted by Crippen LogP contribution is -2.46. The number of aromatic nitrogens is 3. The molecule has 0 spiro atoms. The van der Waals surface area contributed by atoms with Gasteiger partial charge >= 0.3 is 0 Å².